The average Bonchev–Trinajstić information content (AvgIpc) is 3.44. The zero-order valence-corrected chi connectivity index (χ0v) is 19.0. The number of ketones is 1. The summed E-state index contributed by atoms with van der Waals surface area (Å²) in [5.74, 6) is 0.954. The molecule has 1 aliphatic rings. The molecule has 0 radical (unpaired) electrons. The van der Waals surface area contributed by atoms with Gasteiger partial charge < -0.3 is 9.88 Å². The number of amides is 1. The number of nitrogens with one attached hydrogen (secondary N) is 1. The number of likely N-dealkylation sites (tertiary alicyclic amines) is 1. The van der Waals surface area contributed by atoms with E-state index in [0.717, 1.165) is 30.6 Å². The quantitative estimate of drug-likeness (QED) is 0.395. The minimum absolute atomic E-state index is 0.0324. The second kappa shape index (κ2) is 10.6. The van der Waals surface area contributed by atoms with Crippen LogP contribution in [0, 0.1) is 0 Å². The molecule has 7 nitrogen and oxygen atoms in total. The molecule has 1 aromatic heterocycles. The van der Waals surface area contributed by atoms with Crippen molar-refractivity contribution < 1.29 is 9.59 Å². The van der Waals surface area contributed by atoms with Crippen LogP contribution >= 0.6 is 11.8 Å². The van der Waals surface area contributed by atoms with Gasteiger partial charge in [0.1, 0.15) is 5.82 Å². The third-order valence-electron chi connectivity index (χ3n) is 5.43. The number of benzene rings is 2. The van der Waals surface area contributed by atoms with Gasteiger partial charge in [0.05, 0.1) is 18.8 Å². The van der Waals surface area contributed by atoms with Gasteiger partial charge in [-0.3, -0.25) is 14.5 Å². The molecule has 0 aliphatic carbocycles. The molecule has 0 saturated carbocycles. The normalized spacial score (nSPS) is 13.9. The van der Waals surface area contributed by atoms with E-state index in [1.165, 1.54) is 37.1 Å². The topological polar surface area (TPSA) is 80.1 Å². The Bertz CT molecular complexity index is 1080. The predicted molar refractivity (Wildman–Crippen MR) is 126 cm³/mol. The van der Waals surface area contributed by atoms with Crippen molar-refractivity contribution in [1.29, 1.82) is 0 Å². The maximum absolute atomic E-state index is 12.5. The molecular formula is C24H27N5O2S. The lowest BCUT2D eigenvalue weighted by atomic mass is 10.1. The van der Waals surface area contributed by atoms with Gasteiger partial charge in [-0.1, -0.05) is 54.2 Å². The summed E-state index contributed by atoms with van der Waals surface area (Å²) in [4.78, 5) is 26.5. The van der Waals surface area contributed by atoms with E-state index >= 15 is 0 Å². The molecule has 2 heterocycles. The zero-order chi connectivity index (χ0) is 22.3. The summed E-state index contributed by atoms with van der Waals surface area (Å²) in [6.45, 7) is 5.12. The van der Waals surface area contributed by atoms with E-state index in [1.54, 1.807) is 24.3 Å². The van der Waals surface area contributed by atoms with E-state index in [-0.39, 0.29) is 17.4 Å². The van der Waals surface area contributed by atoms with Crippen LogP contribution in [-0.4, -0.2) is 50.2 Å². The maximum atomic E-state index is 12.5. The zero-order valence-electron chi connectivity index (χ0n) is 18.2. The first kappa shape index (κ1) is 22.2. The Morgan fingerprint density at radius 1 is 1.00 bits per heavy atom. The molecule has 166 valence electrons. The van der Waals surface area contributed by atoms with Crippen LogP contribution in [0.4, 0.5) is 5.69 Å². The van der Waals surface area contributed by atoms with Crippen molar-refractivity contribution in [2.24, 2.45) is 0 Å². The van der Waals surface area contributed by atoms with E-state index < -0.39 is 0 Å². The standard InChI is InChI=1S/C24H27N5O2S/c1-18(30)20-10-7-11-21(14-20)25-23(31)17-32-24-27-26-22(16-28-12-5-6-13-28)29(24)15-19-8-3-2-4-9-19/h2-4,7-11,14H,5-6,12-13,15-17H2,1H3,(H,25,31). The van der Waals surface area contributed by atoms with Crippen molar-refractivity contribution in [2.75, 3.05) is 24.2 Å². The number of anilines is 1. The number of carbonyl (C=O) groups excluding carboxylic acids is 2. The Kier molecular flexibility index (Phi) is 7.34. The minimum atomic E-state index is -0.147. The third-order valence-corrected chi connectivity index (χ3v) is 6.39. The monoisotopic (exact) mass is 449 g/mol. The van der Waals surface area contributed by atoms with Gasteiger partial charge in [0.2, 0.25) is 5.91 Å². The molecular weight excluding hydrogens is 422 g/mol. The van der Waals surface area contributed by atoms with E-state index in [4.69, 9.17) is 0 Å². The van der Waals surface area contributed by atoms with Gasteiger partial charge in [0.25, 0.3) is 0 Å². The number of hydrogen-bond donors (Lipinski definition) is 1. The Hall–Kier alpha value is -2.97. The number of nitrogens with zero attached hydrogens (tertiary/aromatic N) is 4. The van der Waals surface area contributed by atoms with Crippen LogP contribution in [0.3, 0.4) is 0 Å². The molecule has 1 fully saturated rings. The Balaban J connectivity index is 1.45. The number of thioether (sulfide) groups is 1. The molecule has 4 rings (SSSR count). The highest BCUT2D eigenvalue weighted by molar-refractivity contribution is 7.99. The number of aromatic nitrogens is 3. The van der Waals surface area contributed by atoms with E-state index in [0.29, 0.717) is 17.8 Å². The summed E-state index contributed by atoms with van der Waals surface area (Å²) in [5, 5.41) is 12.4. The van der Waals surface area contributed by atoms with Crippen LogP contribution in [-0.2, 0) is 17.9 Å². The lowest BCUT2D eigenvalue weighted by Crippen LogP contribution is -2.22. The Morgan fingerprint density at radius 3 is 2.53 bits per heavy atom. The molecule has 1 saturated heterocycles. The van der Waals surface area contributed by atoms with Gasteiger partial charge in [-0.15, -0.1) is 10.2 Å². The van der Waals surface area contributed by atoms with E-state index in [2.05, 4.69) is 37.1 Å². The van der Waals surface area contributed by atoms with Gasteiger partial charge in [-0.2, -0.15) is 0 Å². The van der Waals surface area contributed by atoms with Gasteiger partial charge in [-0.05, 0) is 50.6 Å². The van der Waals surface area contributed by atoms with Crippen LogP contribution in [0.25, 0.3) is 0 Å². The molecule has 0 unspecified atom stereocenters. The van der Waals surface area contributed by atoms with Crippen molar-refractivity contribution in [3.05, 3.63) is 71.5 Å². The highest BCUT2D eigenvalue weighted by atomic mass is 32.2. The molecule has 2 aromatic carbocycles. The van der Waals surface area contributed by atoms with Crippen LogP contribution < -0.4 is 5.32 Å². The molecule has 1 N–H and O–H groups in total. The summed E-state index contributed by atoms with van der Waals surface area (Å²) < 4.78 is 2.11. The molecule has 0 bridgehead atoms. The van der Waals surface area contributed by atoms with E-state index in [1.807, 2.05) is 18.2 Å². The summed E-state index contributed by atoms with van der Waals surface area (Å²) in [6.07, 6.45) is 2.44. The second-order valence-corrected chi connectivity index (χ2v) is 8.87. The molecule has 0 spiro atoms. The Labute approximate surface area is 192 Å². The van der Waals surface area contributed by atoms with Crippen LogP contribution in [0.15, 0.2) is 59.8 Å². The van der Waals surface area contributed by atoms with Gasteiger partial charge in [0, 0.05) is 11.3 Å². The molecule has 1 aliphatic heterocycles. The molecule has 8 heteroatoms. The van der Waals surface area contributed by atoms with Crippen molar-refractivity contribution in [1.82, 2.24) is 19.7 Å². The summed E-state index contributed by atoms with van der Waals surface area (Å²) in [5.41, 5.74) is 2.36. The predicted octanol–water partition coefficient (Wildman–Crippen LogP) is 3.86. The second-order valence-electron chi connectivity index (χ2n) is 7.93. The molecule has 1 amide bonds. The minimum Gasteiger partial charge on any atom is -0.325 e. The van der Waals surface area contributed by atoms with Crippen LogP contribution in [0.5, 0.6) is 0 Å². The van der Waals surface area contributed by atoms with E-state index in [9.17, 15) is 9.59 Å². The largest absolute Gasteiger partial charge is 0.325 e. The van der Waals surface area contributed by atoms with Crippen LogP contribution in [0.2, 0.25) is 0 Å². The fourth-order valence-corrected chi connectivity index (χ4v) is 4.51. The molecule has 32 heavy (non-hydrogen) atoms. The number of hydrogen-bond acceptors (Lipinski definition) is 6. The van der Waals surface area contributed by atoms with Crippen molar-refractivity contribution >= 4 is 29.1 Å². The lowest BCUT2D eigenvalue weighted by Gasteiger charge is -2.16. The summed E-state index contributed by atoms with van der Waals surface area (Å²) in [6, 6.07) is 17.2. The Morgan fingerprint density at radius 2 is 1.78 bits per heavy atom. The summed E-state index contributed by atoms with van der Waals surface area (Å²) >= 11 is 1.37. The highest BCUT2D eigenvalue weighted by Gasteiger charge is 2.19. The van der Waals surface area contributed by atoms with Crippen LogP contribution in [0.1, 0.15) is 41.5 Å². The first-order chi connectivity index (χ1) is 15.6. The maximum Gasteiger partial charge on any atom is 0.234 e. The fraction of sp³-hybridized carbons (Fsp3) is 0.333. The van der Waals surface area contributed by atoms with Gasteiger partial charge >= 0.3 is 0 Å². The number of rotatable bonds is 9. The number of Topliss-reactive ketones (excluding diaryl/α,β-unsaturated/α-hetero) is 1. The molecule has 0 atom stereocenters. The number of carbonyl (C=O) groups is 2. The fourth-order valence-electron chi connectivity index (χ4n) is 3.75. The van der Waals surface area contributed by atoms with Crippen molar-refractivity contribution in [2.45, 2.75) is 38.0 Å². The van der Waals surface area contributed by atoms with Crippen molar-refractivity contribution in [3.63, 3.8) is 0 Å². The third kappa shape index (κ3) is 5.83. The smallest absolute Gasteiger partial charge is 0.234 e. The average molecular weight is 450 g/mol. The summed E-state index contributed by atoms with van der Waals surface area (Å²) in [7, 11) is 0. The SMILES string of the molecule is CC(=O)c1cccc(NC(=O)CSc2nnc(CN3CCCC3)n2Cc2ccccc2)c1. The lowest BCUT2D eigenvalue weighted by molar-refractivity contribution is -0.113. The highest BCUT2D eigenvalue weighted by Crippen LogP contribution is 2.21. The van der Waals surface area contributed by atoms with Gasteiger partial charge in [0.15, 0.2) is 10.9 Å². The van der Waals surface area contributed by atoms with Gasteiger partial charge in [-0.25, -0.2) is 0 Å². The first-order valence-corrected chi connectivity index (χ1v) is 11.8. The molecule has 3 aromatic rings. The van der Waals surface area contributed by atoms with Crippen molar-refractivity contribution in [3.8, 4) is 0 Å². The first-order valence-electron chi connectivity index (χ1n) is 10.8.